The van der Waals surface area contributed by atoms with Gasteiger partial charge < -0.3 is 15.5 Å². The van der Waals surface area contributed by atoms with Crippen molar-refractivity contribution >= 4 is 11.0 Å². The van der Waals surface area contributed by atoms with Gasteiger partial charge in [-0.25, -0.2) is 4.79 Å². The molecule has 0 spiro atoms. The first-order chi connectivity index (χ1) is 14.2. The zero-order valence-electron chi connectivity index (χ0n) is 17.7. The van der Waals surface area contributed by atoms with E-state index in [1.165, 1.54) is 51.0 Å². The van der Waals surface area contributed by atoms with Crippen LogP contribution in [-0.4, -0.2) is 59.8 Å². The minimum absolute atomic E-state index is 0.144. The molecule has 0 bridgehead atoms. The van der Waals surface area contributed by atoms with Crippen LogP contribution in [0.1, 0.15) is 49.6 Å². The summed E-state index contributed by atoms with van der Waals surface area (Å²) in [4.78, 5) is 15.8. The maximum absolute atomic E-state index is 13.2. The number of benzene rings is 1. The lowest BCUT2D eigenvalue weighted by atomic mass is 9.96. The molecule has 2 aromatic rings. The van der Waals surface area contributed by atoms with Crippen LogP contribution in [0.4, 0.5) is 0 Å². The first kappa shape index (κ1) is 19.3. The molecular formula is C23H35N5O. The summed E-state index contributed by atoms with van der Waals surface area (Å²) in [7, 11) is 1.96. The number of piperidine rings is 2. The number of fused-ring (bicyclic) bond motifs is 1. The Hall–Kier alpha value is -1.63. The molecule has 4 heterocycles. The first-order valence-electron chi connectivity index (χ1n) is 11.6. The van der Waals surface area contributed by atoms with Crippen LogP contribution in [0.25, 0.3) is 11.0 Å². The molecule has 0 amide bonds. The van der Waals surface area contributed by atoms with E-state index in [4.69, 9.17) is 0 Å². The van der Waals surface area contributed by atoms with Gasteiger partial charge in [0.05, 0.1) is 17.1 Å². The fourth-order valence-corrected chi connectivity index (χ4v) is 5.89. The van der Waals surface area contributed by atoms with Gasteiger partial charge in [-0.3, -0.25) is 9.13 Å². The molecule has 3 saturated heterocycles. The quantitative estimate of drug-likeness (QED) is 0.829. The Morgan fingerprint density at radius 1 is 1.07 bits per heavy atom. The molecule has 0 radical (unpaired) electrons. The van der Waals surface area contributed by atoms with Crippen molar-refractivity contribution < 1.29 is 0 Å². The minimum atomic E-state index is 0.144. The molecule has 3 aliphatic rings. The van der Waals surface area contributed by atoms with Crippen LogP contribution < -0.4 is 16.3 Å². The highest BCUT2D eigenvalue weighted by atomic mass is 16.1. The van der Waals surface area contributed by atoms with Gasteiger partial charge in [0, 0.05) is 26.7 Å². The average molecular weight is 398 g/mol. The molecule has 2 N–H and O–H groups in total. The number of nitrogens with zero attached hydrogens (tertiary/aromatic N) is 3. The number of aryl methyl sites for hydroxylation is 1. The molecule has 0 aliphatic carbocycles. The van der Waals surface area contributed by atoms with Gasteiger partial charge in [0.1, 0.15) is 0 Å². The second kappa shape index (κ2) is 8.25. The van der Waals surface area contributed by atoms with Gasteiger partial charge in [-0.05, 0) is 81.7 Å². The lowest BCUT2D eigenvalue weighted by Gasteiger charge is -2.27. The van der Waals surface area contributed by atoms with Crippen LogP contribution in [0.2, 0.25) is 0 Å². The van der Waals surface area contributed by atoms with Crippen LogP contribution >= 0.6 is 0 Å². The second-order valence-corrected chi connectivity index (χ2v) is 9.37. The van der Waals surface area contributed by atoms with Crippen molar-refractivity contribution in [1.82, 2.24) is 24.7 Å². The summed E-state index contributed by atoms with van der Waals surface area (Å²) < 4.78 is 3.97. The Morgan fingerprint density at radius 3 is 2.72 bits per heavy atom. The smallest absolute Gasteiger partial charge is 0.317 e. The molecule has 2 atom stereocenters. The van der Waals surface area contributed by atoms with E-state index in [1.807, 2.05) is 11.6 Å². The van der Waals surface area contributed by atoms with Crippen molar-refractivity contribution in [3.8, 4) is 0 Å². The molecule has 6 heteroatoms. The molecule has 5 rings (SSSR count). The van der Waals surface area contributed by atoms with Crippen LogP contribution in [0.5, 0.6) is 0 Å². The molecule has 0 saturated carbocycles. The average Bonchev–Trinajstić information content (AvgIpc) is 3.32. The third-order valence-corrected chi connectivity index (χ3v) is 7.46. The number of aromatic nitrogens is 2. The largest absolute Gasteiger partial charge is 0.329 e. The van der Waals surface area contributed by atoms with E-state index in [-0.39, 0.29) is 11.7 Å². The lowest BCUT2D eigenvalue weighted by molar-refractivity contribution is 0.239. The number of rotatable bonds is 4. The van der Waals surface area contributed by atoms with Crippen molar-refractivity contribution in [2.24, 2.45) is 13.0 Å². The monoisotopic (exact) mass is 397 g/mol. The number of likely N-dealkylation sites (tertiary alicyclic amines) is 1. The highest BCUT2D eigenvalue weighted by Gasteiger charge is 2.30. The molecule has 1 aromatic heterocycles. The number of hydrogen-bond donors (Lipinski definition) is 2. The van der Waals surface area contributed by atoms with Crippen molar-refractivity contribution in [3.05, 3.63) is 34.2 Å². The third kappa shape index (κ3) is 3.66. The van der Waals surface area contributed by atoms with Crippen molar-refractivity contribution in [1.29, 1.82) is 0 Å². The van der Waals surface area contributed by atoms with Crippen LogP contribution in [0.3, 0.4) is 0 Å². The second-order valence-electron chi connectivity index (χ2n) is 9.37. The number of hydrogen-bond acceptors (Lipinski definition) is 4. The summed E-state index contributed by atoms with van der Waals surface area (Å²) in [6.45, 7) is 7.87. The van der Waals surface area contributed by atoms with E-state index in [9.17, 15) is 4.79 Å². The summed E-state index contributed by atoms with van der Waals surface area (Å²) >= 11 is 0. The maximum Gasteiger partial charge on any atom is 0.329 e. The normalized spacial score (nSPS) is 27.1. The summed E-state index contributed by atoms with van der Waals surface area (Å²) in [6.07, 6.45) is 6.05. The SMILES string of the molecule is Cn1c(=O)n(C2CCCNC2)c2cccc(C3CCN(CC4CCNCC4)C3)c21. The number of nitrogens with one attached hydrogen (secondary N) is 2. The van der Waals surface area contributed by atoms with Gasteiger partial charge in [0.2, 0.25) is 0 Å². The van der Waals surface area contributed by atoms with Gasteiger partial charge in [0.25, 0.3) is 0 Å². The Morgan fingerprint density at radius 2 is 1.93 bits per heavy atom. The van der Waals surface area contributed by atoms with Gasteiger partial charge >= 0.3 is 5.69 Å². The van der Waals surface area contributed by atoms with Gasteiger partial charge in [-0.15, -0.1) is 0 Å². The zero-order valence-corrected chi connectivity index (χ0v) is 17.7. The van der Waals surface area contributed by atoms with E-state index in [0.717, 1.165) is 49.4 Å². The van der Waals surface area contributed by atoms with Crippen molar-refractivity contribution in [2.45, 2.75) is 44.1 Å². The van der Waals surface area contributed by atoms with Gasteiger partial charge in [-0.1, -0.05) is 12.1 Å². The fourth-order valence-electron chi connectivity index (χ4n) is 5.89. The fraction of sp³-hybridized carbons (Fsp3) is 0.696. The summed E-state index contributed by atoms with van der Waals surface area (Å²) in [5.41, 5.74) is 3.81. The van der Waals surface area contributed by atoms with Gasteiger partial charge in [-0.2, -0.15) is 0 Å². The van der Waals surface area contributed by atoms with E-state index >= 15 is 0 Å². The maximum atomic E-state index is 13.2. The molecule has 29 heavy (non-hydrogen) atoms. The van der Waals surface area contributed by atoms with Crippen LogP contribution in [0, 0.1) is 5.92 Å². The highest BCUT2D eigenvalue weighted by Crippen LogP contribution is 2.34. The molecule has 3 fully saturated rings. The predicted molar refractivity (Wildman–Crippen MR) is 118 cm³/mol. The van der Waals surface area contributed by atoms with Crippen molar-refractivity contribution in [3.63, 3.8) is 0 Å². The van der Waals surface area contributed by atoms with E-state index in [0.29, 0.717) is 5.92 Å². The summed E-state index contributed by atoms with van der Waals surface area (Å²) in [5.74, 6) is 1.38. The van der Waals surface area contributed by atoms with E-state index in [1.54, 1.807) is 0 Å². The Balaban J connectivity index is 1.41. The molecule has 3 aliphatic heterocycles. The topological polar surface area (TPSA) is 54.2 Å². The predicted octanol–water partition coefficient (Wildman–Crippen LogP) is 2.05. The Kier molecular flexibility index (Phi) is 5.50. The highest BCUT2D eigenvalue weighted by molar-refractivity contribution is 5.80. The van der Waals surface area contributed by atoms with Gasteiger partial charge in [0.15, 0.2) is 0 Å². The molecule has 158 valence electrons. The standard InChI is InChI=1S/C23H35N5O/c1-26-22-20(18-9-13-27(16-18)15-17-7-11-24-12-8-17)5-2-6-21(22)28(23(26)29)19-4-3-10-25-14-19/h2,5-6,17-19,24-25H,3-4,7-16H2,1H3. The molecule has 1 aromatic carbocycles. The van der Waals surface area contributed by atoms with Crippen LogP contribution in [0.15, 0.2) is 23.0 Å². The molecular weight excluding hydrogens is 362 g/mol. The lowest BCUT2D eigenvalue weighted by Crippen LogP contribution is -2.36. The molecule has 2 unspecified atom stereocenters. The van der Waals surface area contributed by atoms with E-state index < -0.39 is 0 Å². The third-order valence-electron chi connectivity index (χ3n) is 7.46. The Labute approximate surface area is 173 Å². The summed E-state index contributed by atoms with van der Waals surface area (Å²) in [6, 6.07) is 6.86. The zero-order chi connectivity index (χ0) is 19.8. The number of imidazole rings is 1. The molecule has 6 nitrogen and oxygen atoms in total. The Bertz CT molecular complexity index is 904. The minimum Gasteiger partial charge on any atom is -0.317 e. The summed E-state index contributed by atoms with van der Waals surface area (Å²) in [5, 5.41) is 6.95. The first-order valence-corrected chi connectivity index (χ1v) is 11.6. The number of para-hydroxylation sites is 1. The van der Waals surface area contributed by atoms with Crippen molar-refractivity contribution in [2.75, 3.05) is 45.8 Å². The van der Waals surface area contributed by atoms with E-state index in [2.05, 4.69) is 38.3 Å². The van der Waals surface area contributed by atoms with Crippen LogP contribution in [-0.2, 0) is 7.05 Å².